The minimum atomic E-state index is -1.05. The van der Waals surface area contributed by atoms with Gasteiger partial charge < -0.3 is 32.1 Å². The number of carboxylic acid groups (broad SMARTS) is 1. The fourth-order valence-electron chi connectivity index (χ4n) is 2.98. The summed E-state index contributed by atoms with van der Waals surface area (Å²) in [5.74, 6) is -2.48. The second-order valence-electron chi connectivity index (χ2n) is 6.89. The molecule has 0 unspecified atom stereocenters. The molecule has 1 saturated heterocycles. The van der Waals surface area contributed by atoms with E-state index in [1.165, 1.54) is 18.7 Å². The quantitative estimate of drug-likeness (QED) is 0.286. The van der Waals surface area contributed by atoms with Gasteiger partial charge in [0, 0.05) is 6.54 Å². The topological polar surface area (TPSA) is 168 Å². The van der Waals surface area contributed by atoms with Crippen LogP contribution in [0.2, 0.25) is 0 Å². The van der Waals surface area contributed by atoms with Crippen molar-refractivity contribution < 1.29 is 24.3 Å². The Labute approximate surface area is 159 Å². The van der Waals surface area contributed by atoms with Crippen molar-refractivity contribution in [1.82, 2.24) is 15.5 Å². The molecule has 0 aromatic rings. The number of nitrogens with zero attached hydrogens (tertiary/aromatic N) is 1. The Morgan fingerprint density at radius 1 is 1.15 bits per heavy atom. The van der Waals surface area contributed by atoms with E-state index >= 15 is 0 Å². The van der Waals surface area contributed by atoms with E-state index in [-0.39, 0.29) is 0 Å². The van der Waals surface area contributed by atoms with Crippen molar-refractivity contribution in [3.63, 3.8) is 0 Å². The van der Waals surface area contributed by atoms with Gasteiger partial charge in [-0.25, -0.2) is 4.79 Å². The van der Waals surface area contributed by atoms with E-state index in [1.54, 1.807) is 0 Å². The van der Waals surface area contributed by atoms with Crippen LogP contribution in [0.15, 0.2) is 0 Å². The van der Waals surface area contributed by atoms with Gasteiger partial charge in [0.1, 0.15) is 18.1 Å². The summed E-state index contributed by atoms with van der Waals surface area (Å²) in [5.41, 5.74) is 11.0. The number of carbonyl (C=O) groups excluding carboxylic acids is 3. The number of hydrogen-bond acceptors (Lipinski definition) is 6. The predicted octanol–water partition coefficient (Wildman–Crippen LogP) is -1.47. The molecule has 27 heavy (non-hydrogen) atoms. The molecule has 0 aromatic heterocycles. The van der Waals surface area contributed by atoms with Crippen LogP contribution >= 0.6 is 0 Å². The van der Waals surface area contributed by atoms with Gasteiger partial charge in [-0.1, -0.05) is 0 Å². The number of likely N-dealkylation sites (tertiary alicyclic amines) is 1. The summed E-state index contributed by atoms with van der Waals surface area (Å²) in [7, 11) is 0. The minimum Gasteiger partial charge on any atom is -0.480 e. The van der Waals surface area contributed by atoms with Crippen molar-refractivity contribution in [2.75, 3.05) is 13.1 Å². The van der Waals surface area contributed by atoms with E-state index in [0.717, 1.165) is 0 Å². The van der Waals surface area contributed by atoms with Gasteiger partial charge in [0.25, 0.3) is 0 Å². The molecule has 4 atom stereocenters. The van der Waals surface area contributed by atoms with Gasteiger partial charge >= 0.3 is 5.97 Å². The number of carboxylic acids is 1. The molecule has 7 N–H and O–H groups in total. The average molecular weight is 385 g/mol. The normalized spacial score (nSPS) is 19.9. The molecule has 3 amide bonds. The molecule has 0 saturated carbocycles. The summed E-state index contributed by atoms with van der Waals surface area (Å²) in [6, 6.07) is -3.37. The third-order valence-corrected chi connectivity index (χ3v) is 4.54. The van der Waals surface area contributed by atoms with Gasteiger partial charge in [-0.05, 0) is 52.5 Å². The molecule has 0 aromatic carbocycles. The maximum Gasteiger partial charge on any atom is 0.326 e. The first-order valence-electron chi connectivity index (χ1n) is 9.28. The van der Waals surface area contributed by atoms with Crippen LogP contribution in [0.3, 0.4) is 0 Å². The minimum absolute atomic E-state index is 0.345. The van der Waals surface area contributed by atoms with Gasteiger partial charge in [-0.15, -0.1) is 0 Å². The Morgan fingerprint density at radius 3 is 2.37 bits per heavy atom. The Kier molecular flexibility index (Phi) is 9.16. The van der Waals surface area contributed by atoms with Gasteiger partial charge in [0.05, 0.1) is 6.04 Å². The summed E-state index contributed by atoms with van der Waals surface area (Å²) in [6.07, 6.45) is 2.69. The maximum absolute atomic E-state index is 12.6. The molecule has 1 fully saturated rings. The van der Waals surface area contributed by atoms with E-state index in [9.17, 15) is 24.3 Å². The number of carbonyl (C=O) groups is 4. The van der Waals surface area contributed by atoms with Crippen LogP contribution in [0, 0.1) is 0 Å². The highest BCUT2D eigenvalue weighted by molar-refractivity contribution is 5.94. The van der Waals surface area contributed by atoms with Crippen LogP contribution in [0.25, 0.3) is 0 Å². The highest BCUT2D eigenvalue weighted by Crippen LogP contribution is 2.18. The Balaban J connectivity index is 2.72. The van der Waals surface area contributed by atoms with Crippen molar-refractivity contribution in [2.24, 2.45) is 11.5 Å². The fourth-order valence-corrected chi connectivity index (χ4v) is 2.98. The molecule has 0 aliphatic carbocycles. The lowest BCUT2D eigenvalue weighted by atomic mass is 10.1. The maximum atomic E-state index is 12.6. The molecule has 154 valence electrons. The van der Waals surface area contributed by atoms with E-state index < -0.39 is 47.9 Å². The number of amides is 3. The zero-order chi connectivity index (χ0) is 20.6. The van der Waals surface area contributed by atoms with Crippen LogP contribution < -0.4 is 22.1 Å². The van der Waals surface area contributed by atoms with Gasteiger partial charge in [0.15, 0.2) is 0 Å². The van der Waals surface area contributed by atoms with Crippen molar-refractivity contribution in [3.05, 3.63) is 0 Å². The second kappa shape index (κ2) is 10.8. The molecule has 10 nitrogen and oxygen atoms in total. The zero-order valence-electron chi connectivity index (χ0n) is 15.9. The van der Waals surface area contributed by atoms with Crippen LogP contribution in [-0.4, -0.2) is 71.0 Å². The first-order chi connectivity index (χ1) is 12.7. The van der Waals surface area contributed by atoms with E-state index in [1.807, 2.05) is 0 Å². The highest BCUT2D eigenvalue weighted by Gasteiger charge is 2.36. The lowest BCUT2D eigenvalue weighted by Crippen LogP contribution is -2.56. The molecule has 1 aliphatic rings. The second-order valence-corrected chi connectivity index (χ2v) is 6.89. The Morgan fingerprint density at radius 2 is 1.81 bits per heavy atom. The smallest absolute Gasteiger partial charge is 0.326 e. The van der Waals surface area contributed by atoms with Crippen LogP contribution in [0.5, 0.6) is 0 Å². The van der Waals surface area contributed by atoms with Crippen molar-refractivity contribution >= 4 is 23.7 Å². The third kappa shape index (κ3) is 6.79. The summed E-state index contributed by atoms with van der Waals surface area (Å²) in [4.78, 5) is 49.5. The number of nitrogens with one attached hydrogen (secondary N) is 2. The molecule has 0 spiro atoms. The predicted molar refractivity (Wildman–Crippen MR) is 98.5 cm³/mol. The lowest BCUT2D eigenvalue weighted by Gasteiger charge is -2.27. The Hall–Kier alpha value is -2.20. The summed E-state index contributed by atoms with van der Waals surface area (Å²) >= 11 is 0. The molecular weight excluding hydrogens is 354 g/mol. The standard InChI is InChI=1S/C17H31N5O5/c1-10(19)14(23)21-12(6-3-4-8-18)15(24)20-11(2)16(25)22-9-5-7-13(22)17(26)27/h10-13H,3-9,18-19H2,1-2H3,(H,20,24)(H,21,23)(H,26,27)/t10-,11-,12-,13-/m0/s1. The fraction of sp³-hybridized carbons (Fsp3) is 0.765. The van der Waals surface area contributed by atoms with Crippen molar-refractivity contribution in [1.29, 1.82) is 0 Å². The molecule has 1 heterocycles. The van der Waals surface area contributed by atoms with Crippen molar-refractivity contribution in [2.45, 2.75) is 70.1 Å². The zero-order valence-corrected chi connectivity index (χ0v) is 15.9. The molecule has 0 bridgehead atoms. The monoisotopic (exact) mass is 385 g/mol. The molecule has 1 aliphatic heterocycles. The summed E-state index contributed by atoms with van der Waals surface area (Å²) in [6.45, 7) is 3.82. The number of aliphatic carboxylic acids is 1. The molecule has 0 radical (unpaired) electrons. The number of nitrogens with two attached hydrogens (primary N) is 2. The molecular formula is C17H31N5O5. The van der Waals surface area contributed by atoms with Crippen LogP contribution in [0.4, 0.5) is 0 Å². The van der Waals surface area contributed by atoms with Crippen molar-refractivity contribution in [3.8, 4) is 0 Å². The summed E-state index contributed by atoms with van der Waals surface area (Å²) in [5, 5.41) is 14.4. The first kappa shape index (κ1) is 22.8. The van der Waals surface area contributed by atoms with Crippen LogP contribution in [-0.2, 0) is 19.2 Å². The average Bonchev–Trinajstić information content (AvgIpc) is 3.09. The van der Waals surface area contributed by atoms with Gasteiger partial charge in [0.2, 0.25) is 17.7 Å². The van der Waals surface area contributed by atoms with Gasteiger partial charge in [-0.2, -0.15) is 0 Å². The molecule has 10 heteroatoms. The highest BCUT2D eigenvalue weighted by atomic mass is 16.4. The number of hydrogen-bond donors (Lipinski definition) is 5. The third-order valence-electron chi connectivity index (χ3n) is 4.54. The van der Waals surface area contributed by atoms with Crippen LogP contribution in [0.1, 0.15) is 46.0 Å². The SMILES string of the molecule is C[C@H](N)C(=O)N[C@@H](CCCCN)C(=O)N[C@@H](C)C(=O)N1CCC[C@H]1C(=O)O. The van der Waals surface area contributed by atoms with E-state index in [4.69, 9.17) is 11.5 Å². The number of unbranched alkanes of at least 4 members (excludes halogenated alkanes) is 1. The molecule has 1 rings (SSSR count). The summed E-state index contributed by atoms with van der Waals surface area (Å²) < 4.78 is 0. The van der Waals surface area contributed by atoms with Gasteiger partial charge in [-0.3, -0.25) is 14.4 Å². The number of rotatable bonds is 10. The first-order valence-corrected chi connectivity index (χ1v) is 9.28. The van der Waals surface area contributed by atoms with E-state index in [0.29, 0.717) is 45.2 Å². The lowest BCUT2D eigenvalue weighted by molar-refractivity contribution is -0.149. The Bertz CT molecular complexity index is 554. The van der Waals surface area contributed by atoms with E-state index in [2.05, 4.69) is 10.6 Å². The largest absolute Gasteiger partial charge is 0.480 e.